The van der Waals surface area contributed by atoms with Gasteiger partial charge in [-0.1, -0.05) is 26.8 Å². The van der Waals surface area contributed by atoms with Gasteiger partial charge < -0.3 is 30.9 Å². The van der Waals surface area contributed by atoms with Crippen molar-refractivity contribution in [3.05, 3.63) is 35.8 Å². The number of ether oxygens (including phenoxy) is 1. The van der Waals surface area contributed by atoms with Gasteiger partial charge in [0, 0.05) is 24.2 Å². The lowest BCUT2D eigenvalue weighted by molar-refractivity contribution is -0.142. The SMILES string of the molecule is CC(C)(C)NC(=O)N[C@H](C(=O)N1C[C@H](Oc2nc(-c3ccccn3)nc3ccsc23)CC1C(=O)NCC(=O)C(=O)NC1CC1)C(C)(C)C. The Morgan fingerprint density at radius 2 is 1.79 bits per heavy atom. The average molecular weight is 679 g/mol. The number of amides is 5. The number of hydrogen-bond donors (Lipinski definition) is 4. The van der Waals surface area contributed by atoms with Gasteiger partial charge in [0.2, 0.25) is 23.5 Å². The maximum absolute atomic E-state index is 14.3. The number of carbonyl (C=O) groups excluding carboxylic acids is 5. The Morgan fingerprint density at radius 1 is 1.04 bits per heavy atom. The molecule has 3 atom stereocenters. The van der Waals surface area contributed by atoms with Gasteiger partial charge >= 0.3 is 6.03 Å². The minimum absolute atomic E-state index is 0.00201. The van der Waals surface area contributed by atoms with Crippen molar-refractivity contribution in [3.63, 3.8) is 0 Å². The molecule has 5 amide bonds. The van der Waals surface area contributed by atoms with Gasteiger partial charge in [-0.3, -0.25) is 24.2 Å². The van der Waals surface area contributed by atoms with E-state index in [9.17, 15) is 24.0 Å². The second-order valence-electron chi connectivity index (χ2n) is 14.2. The van der Waals surface area contributed by atoms with Gasteiger partial charge in [0.1, 0.15) is 28.6 Å². The number of nitrogens with one attached hydrogen (secondary N) is 4. The van der Waals surface area contributed by atoms with Crippen LogP contribution < -0.4 is 26.0 Å². The fraction of sp³-hybridized carbons (Fsp3) is 0.515. The first kappa shape index (κ1) is 34.7. The van der Waals surface area contributed by atoms with Crippen LogP contribution in [0.15, 0.2) is 35.8 Å². The second kappa shape index (κ2) is 13.8. The molecule has 4 N–H and O–H groups in total. The molecule has 3 aromatic rings. The summed E-state index contributed by atoms with van der Waals surface area (Å²) in [5.74, 6) is -2.00. The minimum atomic E-state index is -1.06. The number of aromatic nitrogens is 3. The number of ketones is 1. The molecule has 256 valence electrons. The Morgan fingerprint density at radius 3 is 2.44 bits per heavy atom. The van der Waals surface area contributed by atoms with Crippen molar-refractivity contribution in [3.8, 4) is 17.4 Å². The van der Waals surface area contributed by atoms with Gasteiger partial charge in [0.15, 0.2) is 5.82 Å². The molecule has 1 unspecified atom stereocenters. The van der Waals surface area contributed by atoms with E-state index in [0.29, 0.717) is 21.7 Å². The van der Waals surface area contributed by atoms with Crippen molar-refractivity contribution in [2.75, 3.05) is 13.1 Å². The van der Waals surface area contributed by atoms with Gasteiger partial charge in [-0.2, -0.15) is 4.98 Å². The third kappa shape index (κ3) is 8.62. The summed E-state index contributed by atoms with van der Waals surface area (Å²) in [4.78, 5) is 80.5. The summed E-state index contributed by atoms with van der Waals surface area (Å²) in [6, 6.07) is 4.64. The van der Waals surface area contributed by atoms with E-state index in [4.69, 9.17) is 4.74 Å². The second-order valence-corrected chi connectivity index (χ2v) is 15.1. The number of fused-ring (bicyclic) bond motifs is 1. The Labute approximate surface area is 282 Å². The molecule has 1 aliphatic carbocycles. The fourth-order valence-electron chi connectivity index (χ4n) is 5.24. The molecule has 1 aliphatic heterocycles. The van der Waals surface area contributed by atoms with Gasteiger partial charge in [-0.25, -0.2) is 9.78 Å². The van der Waals surface area contributed by atoms with E-state index in [1.807, 2.05) is 59.1 Å². The molecular formula is C33H42N8O6S. The zero-order valence-corrected chi connectivity index (χ0v) is 28.8. The largest absolute Gasteiger partial charge is 0.471 e. The quantitative estimate of drug-likeness (QED) is 0.234. The molecule has 2 aliphatic rings. The number of hydrogen-bond acceptors (Lipinski definition) is 10. The van der Waals surface area contributed by atoms with Crippen LogP contribution >= 0.6 is 11.3 Å². The third-order valence-corrected chi connectivity index (χ3v) is 8.65. The highest BCUT2D eigenvalue weighted by Gasteiger charge is 2.46. The summed E-state index contributed by atoms with van der Waals surface area (Å²) in [6.07, 6.45) is 2.66. The molecule has 0 bridgehead atoms. The first-order valence-electron chi connectivity index (χ1n) is 15.9. The number of nitrogens with zero attached hydrogens (tertiary/aromatic N) is 4. The van der Waals surface area contributed by atoms with Gasteiger partial charge in [-0.05, 0) is 62.6 Å². The summed E-state index contributed by atoms with van der Waals surface area (Å²) in [7, 11) is 0. The molecule has 0 radical (unpaired) electrons. The molecule has 1 saturated carbocycles. The molecule has 0 spiro atoms. The summed E-state index contributed by atoms with van der Waals surface area (Å²) in [5, 5.41) is 12.7. The number of Topliss-reactive ketones (excluding diaryl/α,β-unsaturated/α-hetero) is 1. The van der Waals surface area contributed by atoms with Crippen molar-refractivity contribution >= 4 is 51.1 Å². The Balaban J connectivity index is 1.40. The number of likely N-dealkylation sites (tertiary alicyclic amines) is 1. The van der Waals surface area contributed by atoms with Crippen LogP contribution in [-0.4, -0.2) is 92.2 Å². The first-order chi connectivity index (χ1) is 22.6. The fourth-order valence-corrected chi connectivity index (χ4v) is 6.00. The standard InChI is InChI=1S/C33H42N8O6S/c1-32(2,3)25(38-31(46)40-33(4,5)6)30(45)41-17-19(15-22(41)27(43)35-16-23(42)28(44)36-18-10-11-18)47-29-24-20(12-14-48-24)37-26(39-29)21-9-7-8-13-34-21/h7-9,12-14,18-19,22,25H,10-11,15-17H2,1-6H3,(H,35,43)(H,36,44)(H2,38,40,46)/t19-,22?,25-/m1/s1. The van der Waals surface area contributed by atoms with E-state index < -0.39 is 65.2 Å². The molecule has 3 aromatic heterocycles. The molecule has 48 heavy (non-hydrogen) atoms. The van der Waals surface area contributed by atoms with Crippen LogP contribution in [0, 0.1) is 5.41 Å². The number of thiophene rings is 1. The van der Waals surface area contributed by atoms with Crippen LogP contribution in [0.1, 0.15) is 60.8 Å². The van der Waals surface area contributed by atoms with Crippen molar-refractivity contribution in [2.24, 2.45) is 5.41 Å². The maximum atomic E-state index is 14.3. The summed E-state index contributed by atoms with van der Waals surface area (Å²) in [5.41, 5.74) is -0.0762. The van der Waals surface area contributed by atoms with Crippen LogP contribution in [0.25, 0.3) is 21.7 Å². The molecule has 2 fully saturated rings. The lowest BCUT2D eigenvalue weighted by Gasteiger charge is -2.36. The zero-order valence-electron chi connectivity index (χ0n) is 28.0. The van der Waals surface area contributed by atoms with E-state index in [1.165, 1.54) is 16.2 Å². The van der Waals surface area contributed by atoms with Gasteiger partial charge in [-0.15, -0.1) is 11.3 Å². The van der Waals surface area contributed by atoms with Crippen LogP contribution in [0.5, 0.6) is 5.88 Å². The first-order valence-corrected chi connectivity index (χ1v) is 16.8. The Bertz CT molecular complexity index is 1700. The van der Waals surface area contributed by atoms with Gasteiger partial charge in [0.25, 0.3) is 5.91 Å². The van der Waals surface area contributed by atoms with Crippen LogP contribution in [-0.2, 0) is 19.2 Å². The van der Waals surface area contributed by atoms with E-state index in [1.54, 1.807) is 18.3 Å². The number of carbonyl (C=O) groups is 5. The van der Waals surface area contributed by atoms with Crippen LogP contribution in [0.4, 0.5) is 4.79 Å². The highest BCUT2D eigenvalue weighted by molar-refractivity contribution is 7.17. The summed E-state index contributed by atoms with van der Waals surface area (Å²) in [6.45, 7) is 10.4. The maximum Gasteiger partial charge on any atom is 0.315 e. The predicted molar refractivity (Wildman–Crippen MR) is 179 cm³/mol. The lowest BCUT2D eigenvalue weighted by Crippen LogP contribution is -2.60. The highest BCUT2D eigenvalue weighted by Crippen LogP contribution is 2.34. The summed E-state index contributed by atoms with van der Waals surface area (Å²) >= 11 is 1.40. The van der Waals surface area contributed by atoms with E-state index in [2.05, 4.69) is 36.2 Å². The van der Waals surface area contributed by atoms with E-state index in [0.717, 1.165) is 12.8 Å². The molecule has 5 rings (SSSR count). The number of pyridine rings is 1. The third-order valence-electron chi connectivity index (χ3n) is 7.76. The minimum Gasteiger partial charge on any atom is -0.471 e. The van der Waals surface area contributed by atoms with Crippen LogP contribution in [0.3, 0.4) is 0 Å². The Hall–Kier alpha value is -4.66. The molecule has 1 saturated heterocycles. The van der Waals surface area contributed by atoms with E-state index >= 15 is 0 Å². The number of rotatable bonds is 10. The van der Waals surface area contributed by atoms with Gasteiger partial charge in [0.05, 0.1) is 18.6 Å². The van der Waals surface area contributed by atoms with Crippen molar-refractivity contribution in [2.45, 2.75) is 90.6 Å². The van der Waals surface area contributed by atoms with Crippen LogP contribution in [0.2, 0.25) is 0 Å². The highest BCUT2D eigenvalue weighted by atomic mass is 32.1. The molecule has 15 heteroatoms. The lowest BCUT2D eigenvalue weighted by atomic mass is 9.85. The smallest absolute Gasteiger partial charge is 0.315 e. The Kier molecular flexibility index (Phi) is 9.99. The average Bonchev–Trinajstić information content (AvgIpc) is 3.51. The van der Waals surface area contributed by atoms with Crippen molar-refractivity contribution < 1.29 is 28.7 Å². The number of urea groups is 1. The zero-order chi connectivity index (χ0) is 34.8. The predicted octanol–water partition coefficient (Wildman–Crippen LogP) is 2.58. The summed E-state index contributed by atoms with van der Waals surface area (Å²) < 4.78 is 7.12. The molecular weight excluding hydrogens is 636 g/mol. The topological polar surface area (TPSA) is 185 Å². The molecule has 0 aromatic carbocycles. The molecule has 14 nitrogen and oxygen atoms in total. The van der Waals surface area contributed by atoms with Crippen molar-refractivity contribution in [1.29, 1.82) is 0 Å². The van der Waals surface area contributed by atoms with Crippen molar-refractivity contribution in [1.82, 2.24) is 41.1 Å². The van der Waals surface area contributed by atoms with E-state index in [-0.39, 0.29) is 24.9 Å². The molecule has 4 heterocycles. The normalized spacial score (nSPS) is 18.6. The monoisotopic (exact) mass is 678 g/mol.